The second kappa shape index (κ2) is 5.91. The molecule has 0 saturated carbocycles. The molecule has 2 rings (SSSR count). The highest BCUT2D eigenvalue weighted by atomic mass is 79.9. The molecule has 0 radical (unpaired) electrons. The molecule has 1 aromatic carbocycles. The third-order valence-corrected chi connectivity index (χ3v) is 3.31. The summed E-state index contributed by atoms with van der Waals surface area (Å²) in [4.78, 5) is 4.01. The van der Waals surface area contributed by atoms with E-state index >= 15 is 0 Å². The molecule has 1 heterocycles. The van der Waals surface area contributed by atoms with Crippen molar-refractivity contribution in [1.29, 1.82) is 5.26 Å². The van der Waals surface area contributed by atoms with Crippen LogP contribution in [0.25, 0.3) is 0 Å². The van der Waals surface area contributed by atoms with Crippen LogP contribution in [0.15, 0.2) is 34.9 Å². The Kier molecular flexibility index (Phi) is 4.25. The number of methoxy groups -OCH3 is 1. The van der Waals surface area contributed by atoms with Crippen molar-refractivity contribution in [1.82, 2.24) is 4.98 Å². The van der Waals surface area contributed by atoms with Gasteiger partial charge in [-0.05, 0) is 40.2 Å². The third kappa shape index (κ3) is 2.98. The van der Waals surface area contributed by atoms with Gasteiger partial charge in [-0.1, -0.05) is 11.6 Å². The van der Waals surface area contributed by atoms with Gasteiger partial charge in [-0.2, -0.15) is 5.26 Å². The number of hydrogen-bond donors (Lipinski definition) is 0. The summed E-state index contributed by atoms with van der Waals surface area (Å²) in [6.07, 6.45) is 1.47. The highest BCUT2D eigenvalue weighted by molar-refractivity contribution is 9.10. The maximum Gasteiger partial charge on any atom is 0.239 e. The smallest absolute Gasteiger partial charge is 0.239 e. The van der Waals surface area contributed by atoms with E-state index in [-0.39, 0.29) is 10.9 Å². The Hall–Kier alpha value is -1.77. The lowest BCUT2D eigenvalue weighted by Crippen LogP contribution is -1.92. The van der Waals surface area contributed by atoms with Crippen molar-refractivity contribution in [2.45, 2.75) is 0 Å². The lowest BCUT2D eigenvalue weighted by molar-refractivity contribution is 0.411. The molecule has 0 spiro atoms. The van der Waals surface area contributed by atoms with Gasteiger partial charge in [0.15, 0.2) is 0 Å². The topological polar surface area (TPSA) is 55.1 Å². The van der Waals surface area contributed by atoms with Crippen molar-refractivity contribution >= 4 is 27.5 Å². The Morgan fingerprint density at radius 2 is 2.16 bits per heavy atom. The van der Waals surface area contributed by atoms with Crippen LogP contribution in [0.2, 0.25) is 5.02 Å². The molecule has 96 valence electrons. The third-order valence-electron chi connectivity index (χ3n) is 2.32. The van der Waals surface area contributed by atoms with Crippen molar-refractivity contribution in [3.63, 3.8) is 0 Å². The molecule has 0 atom stereocenters. The Balaban J connectivity index is 2.34. The molecule has 4 nitrogen and oxygen atoms in total. The second-order valence-corrected chi connectivity index (χ2v) is 4.72. The maximum atomic E-state index is 8.89. The number of rotatable bonds is 3. The standard InChI is InChI=1S/C13H8BrClN2O2/c1-18-9-2-3-11(10(14)6-9)19-13-12(15)8(7-16)4-5-17-13/h2-6H,1H3. The van der Waals surface area contributed by atoms with Crippen LogP contribution < -0.4 is 9.47 Å². The first-order chi connectivity index (χ1) is 9.15. The summed E-state index contributed by atoms with van der Waals surface area (Å²) in [6.45, 7) is 0. The first kappa shape index (κ1) is 13.7. The zero-order valence-corrected chi connectivity index (χ0v) is 12.2. The summed E-state index contributed by atoms with van der Waals surface area (Å²) < 4.78 is 11.4. The molecule has 0 N–H and O–H groups in total. The van der Waals surface area contributed by atoms with Crippen LogP contribution >= 0.6 is 27.5 Å². The Morgan fingerprint density at radius 1 is 1.37 bits per heavy atom. The first-order valence-electron chi connectivity index (χ1n) is 5.21. The van der Waals surface area contributed by atoms with Gasteiger partial charge in [0.2, 0.25) is 5.88 Å². The highest BCUT2D eigenvalue weighted by Gasteiger charge is 2.11. The van der Waals surface area contributed by atoms with Gasteiger partial charge in [0.25, 0.3) is 0 Å². The normalized spacial score (nSPS) is 9.79. The van der Waals surface area contributed by atoms with Gasteiger partial charge in [0, 0.05) is 6.20 Å². The van der Waals surface area contributed by atoms with Gasteiger partial charge < -0.3 is 9.47 Å². The molecule has 19 heavy (non-hydrogen) atoms. The van der Waals surface area contributed by atoms with E-state index in [2.05, 4.69) is 20.9 Å². The lowest BCUT2D eigenvalue weighted by Gasteiger charge is -2.09. The number of nitrogens with zero attached hydrogens (tertiary/aromatic N) is 2. The fourth-order valence-electron chi connectivity index (χ4n) is 1.38. The van der Waals surface area contributed by atoms with E-state index in [1.807, 2.05) is 6.07 Å². The van der Waals surface area contributed by atoms with Crippen LogP contribution in [-0.2, 0) is 0 Å². The molecule has 2 aromatic rings. The quantitative estimate of drug-likeness (QED) is 0.842. The van der Waals surface area contributed by atoms with E-state index in [0.29, 0.717) is 21.5 Å². The predicted octanol–water partition coefficient (Wildman–Crippen LogP) is 4.17. The molecule has 0 aliphatic rings. The van der Waals surface area contributed by atoms with Crippen molar-refractivity contribution in [3.05, 3.63) is 45.5 Å². The molecule has 0 amide bonds. The summed E-state index contributed by atoms with van der Waals surface area (Å²) >= 11 is 9.38. The van der Waals surface area contributed by atoms with E-state index < -0.39 is 0 Å². The average molecular weight is 340 g/mol. The lowest BCUT2D eigenvalue weighted by atomic mass is 10.3. The van der Waals surface area contributed by atoms with E-state index in [9.17, 15) is 0 Å². The first-order valence-corrected chi connectivity index (χ1v) is 6.39. The van der Waals surface area contributed by atoms with Gasteiger partial charge in [-0.25, -0.2) is 4.98 Å². The van der Waals surface area contributed by atoms with Gasteiger partial charge in [0.05, 0.1) is 17.1 Å². The zero-order chi connectivity index (χ0) is 13.8. The molecule has 0 saturated heterocycles. The number of pyridine rings is 1. The monoisotopic (exact) mass is 338 g/mol. The van der Waals surface area contributed by atoms with Crippen molar-refractivity contribution < 1.29 is 9.47 Å². The summed E-state index contributed by atoms with van der Waals surface area (Å²) in [7, 11) is 1.58. The molecular formula is C13H8BrClN2O2. The summed E-state index contributed by atoms with van der Waals surface area (Å²) in [6, 6.07) is 8.73. The minimum Gasteiger partial charge on any atom is -0.497 e. The highest BCUT2D eigenvalue weighted by Crippen LogP contribution is 2.35. The largest absolute Gasteiger partial charge is 0.497 e. The van der Waals surface area contributed by atoms with Crippen LogP contribution in [0.4, 0.5) is 0 Å². The van der Waals surface area contributed by atoms with Gasteiger partial charge in [-0.15, -0.1) is 0 Å². The summed E-state index contributed by atoms with van der Waals surface area (Å²) in [5.41, 5.74) is 0.316. The maximum absolute atomic E-state index is 8.89. The molecular weight excluding hydrogens is 332 g/mol. The van der Waals surface area contributed by atoms with E-state index in [4.69, 9.17) is 26.3 Å². The number of nitriles is 1. The second-order valence-electron chi connectivity index (χ2n) is 3.49. The molecule has 0 fully saturated rings. The van der Waals surface area contributed by atoms with Crippen LogP contribution in [0.3, 0.4) is 0 Å². The summed E-state index contributed by atoms with van der Waals surface area (Å²) in [5, 5.41) is 9.08. The predicted molar refractivity (Wildman–Crippen MR) is 74.7 cm³/mol. The van der Waals surface area contributed by atoms with Crippen LogP contribution in [0, 0.1) is 11.3 Å². The van der Waals surface area contributed by atoms with Crippen molar-refractivity contribution in [2.24, 2.45) is 0 Å². The Morgan fingerprint density at radius 3 is 2.79 bits per heavy atom. The van der Waals surface area contributed by atoms with Crippen molar-refractivity contribution in [2.75, 3.05) is 7.11 Å². The van der Waals surface area contributed by atoms with Gasteiger partial charge in [-0.3, -0.25) is 0 Å². The summed E-state index contributed by atoms with van der Waals surface area (Å²) in [5.74, 6) is 1.42. The Bertz CT molecular complexity index is 656. The van der Waals surface area contributed by atoms with Crippen LogP contribution in [-0.4, -0.2) is 12.1 Å². The molecule has 1 aromatic heterocycles. The number of ether oxygens (including phenoxy) is 2. The van der Waals surface area contributed by atoms with E-state index in [1.165, 1.54) is 12.3 Å². The van der Waals surface area contributed by atoms with E-state index in [0.717, 1.165) is 0 Å². The fraction of sp³-hybridized carbons (Fsp3) is 0.0769. The zero-order valence-electron chi connectivity index (χ0n) is 9.85. The molecule has 0 bridgehead atoms. The average Bonchev–Trinajstić information content (AvgIpc) is 2.43. The SMILES string of the molecule is COc1ccc(Oc2nccc(C#N)c2Cl)c(Br)c1. The van der Waals surface area contributed by atoms with Crippen LogP contribution in [0.5, 0.6) is 17.4 Å². The van der Waals surface area contributed by atoms with Crippen LogP contribution in [0.1, 0.15) is 5.56 Å². The number of halogens is 2. The molecule has 0 aliphatic heterocycles. The fourth-order valence-corrected chi connectivity index (χ4v) is 2.01. The number of benzene rings is 1. The van der Waals surface area contributed by atoms with E-state index in [1.54, 1.807) is 25.3 Å². The number of aromatic nitrogens is 1. The Labute approximate surface area is 123 Å². The minimum atomic E-state index is 0.187. The molecule has 6 heteroatoms. The molecule has 0 unspecified atom stereocenters. The number of hydrogen-bond acceptors (Lipinski definition) is 4. The minimum absolute atomic E-state index is 0.187. The van der Waals surface area contributed by atoms with Gasteiger partial charge >= 0.3 is 0 Å². The molecule has 0 aliphatic carbocycles. The van der Waals surface area contributed by atoms with Gasteiger partial charge in [0.1, 0.15) is 22.6 Å². The van der Waals surface area contributed by atoms with Crippen molar-refractivity contribution in [3.8, 4) is 23.4 Å².